The second-order valence-electron chi connectivity index (χ2n) is 6.87. The van der Waals surface area contributed by atoms with E-state index in [1.165, 1.54) is 38.0 Å². The summed E-state index contributed by atoms with van der Waals surface area (Å²) in [6.45, 7) is 13.1. The maximum absolute atomic E-state index is 4.79. The number of aliphatic imine (C=N–C) groups is 1. The predicted molar refractivity (Wildman–Crippen MR) is 104 cm³/mol. The van der Waals surface area contributed by atoms with Gasteiger partial charge in [-0.2, -0.15) is 0 Å². The molecule has 134 valence electrons. The maximum atomic E-state index is 4.79. The minimum Gasteiger partial charge on any atom is -0.357 e. The Balaban J connectivity index is 1.80. The second kappa shape index (κ2) is 10.3. The molecule has 0 spiro atoms. The molecule has 1 aliphatic heterocycles. The summed E-state index contributed by atoms with van der Waals surface area (Å²) in [7, 11) is 0. The van der Waals surface area contributed by atoms with Gasteiger partial charge in [0.1, 0.15) is 0 Å². The first-order valence-electron chi connectivity index (χ1n) is 9.52. The van der Waals surface area contributed by atoms with Gasteiger partial charge in [0.2, 0.25) is 0 Å². The lowest BCUT2D eigenvalue weighted by atomic mass is 10.0. The number of guanidine groups is 1. The Hall–Kier alpha value is -1.55. The second-order valence-corrected chi connectivity index (χ2v) is 6.87. The van der Waals surface area contributed by atoms with Crippen LogP contribution in [0.4, 0.5) is 0 Å². The monoisotopic (exact) mass is 330 g/mol. The SMILES string of the molecule is CCCN1CCC(CNC(=NCC(C)c2ccccc2)NCC)C1. The van der Waals surface area contributed by atoms with E-state index >= 15 is 0 Å². The lowest BCUT2D eigenvalue weighted by Crippen LogP contribution is -2.40. The quantitative estimate of drug-likeness (QED) is 0.568. The van der Waals surface area contributed by atoms with Crippen molar-refractivity contribution >= 4 is 5.96 Å². The van der Waals surface area contributed by atoms with Gasteiger partial charge in [-0.05, 0) is 44.3 Å². The van der Waals surface area contributed by atoms with Crippen LogP contribution in [-0.4, -0.2) is 50.1 Å². The third kappa shape index (κ3) is 6.16. The summed E-state index contributed by atoms with van der Waals surface area (Å²) in [5.74, 6) is 2.13. The van der Waals surface area contributed by atoms with Gasteiger partial charge in [0.05, 0.1) is 0 Å². The third-order valence-electron chi connectivity index (χ3n) is 4.70. The van der Waals surface area contributed by atoms with Gasteiger partial charge < -0.3 is 15.5 Å². The Morgan fingerprint density at radius 1 is 1.25 bits per heavy atom. The summed E-state index contributed by atoms with van der Waals surface area (Å²) in [6.07, 6.45) is 2.55. The Morgan fingerprint density at radius 2 is 2.04 bits per heavy atom. The van der Waals surface area contributed by atoms with Crippen LogP contribution in [0.25, 0.3) is 0 Å². The van der Waals surface area contributed by atoms with Crippen molar-refractivity contribution in [2.24, 2.45) is 10.9 Å². The Bertz CT molecular complexity index is 486. The lowest BCUT2D eigenvalue weighted by molar-refractivity contribution is 0.324. The molecule has 2 atom stereocenters. The number of nitrogens with one attached hydrogen (secondary N) is 2. The van der Waals surface area contributed by atoms with Gasteiger partial charge in [0.15, 0.2) is 5.96 Å². The molecule has 2 N–H and O–H groups in total. The van der Waals surface area contributed by atoms with E-state index in [0.29, 0.717) is 5.92 Å². The Morgan fingerprint density at radius 3 is 2.75 bits per heavy atom. The van der Waals surface area contributed by atoms with Gasteiger partial charge in [0, 0.05) is 32.1 Å². The highest BCUT2D eigenvalue weighted by Gasteiger charge is 2.21. The van der Waals surface area contributed by atoms with Crippen LogP contribution in [0.15, 0.2) is 35.3 Å². The summed E-state index contributed by atoms with van der Waals surface area (Å²) in [4.78, 5) is 7.36. The van der Waals surface area contributed by atoms with Crippen molar-refractivity contribution in [3.63, 3.8) is 0 Å². The van der Waals surface area contributed by atoms with Crippen LogP contribution in [0.1, 0.15) is 45.1 Å². The molecule has 2 rings (SSSR count). The Labute approximate surface area is 147 Å². The van der Waals surface area contributed by atoms with Crippen LogP contribution < -0.4 is 10.6 Å². The molecule has 0 bridgehead atoms. The van der Waals surface area contributed by atoms with Gasteiger partial charge in [-0.1, -0.05) is 44.2 Å². The fraction of sp³-hybridized carbons (Fsp3) is 0.650. The van der Waals surface area contributed by atoms with Gasteiger partial charge in [-0.15, -0.1) is 0 Å². The molecular weight excluding hydrogens is 296 g/mol. The van der Waals surface area contributed by atoms with Crippen LogP contribution in [0.5, 0.6) is 0 Å². The van der Waals surface area contributed by atoms with Gasteiger partial charge in [0.25, 0.3) is 0 Å². The fourth-order valence-electron chi connectivity index (χ4n) is 3.30. The van der Waals surface area contributed by atoms with Crippen molar-refractivity contribution < 1.29 is 0 Å². The molecule has 1 heterocycles. The number of benzene rings is 1. The zero-order chi connectivity index (χ0) is 17.2. The highest BCUT2D eigenvalue weighted by molar-refractivity contribution is 5.79. The third-order valence-corrected chi connectivity index (χ3v) is 4.70. The first-order valence-corrected chi connectivity index (χ1v) is 9.52. The number of rotatable bonds is 8. The highest BCUT2D eigenvalue weighted by atomic mass is 15.2. The van der Waals surface area contributed by atoms with E-state index in [1.54, 1.807) is 0 Å². The molecule has 0 radical (unpaired) electrons. The molecule has 1 fully saturated rings. The van der Waals surface area contributed by atoms with E-state index in [2.05, 4.69) is 66.6 Å². The van der Waals surface area contributed by atoms with Crippen molar-refractivity contribution in [2.45, 2.75) is 39.5 Å². The zero-order valence-corrected chi connectivity index (χ0v) is 15.6. The zero-order valence-electron chi connectivity index (χ0n) is 15.6. The first-order chi connectivity index (χ1) is 11.7. The van der Waals surface area contributed by atoms with Crippen LogP contribution in [-0.2, 0) is 0 Å². The standard InChI is InChI=1S/C20H34N4/c1-4-12-24-13-11-18(16-24)15-23-20(21-5-2)22-14-17(3)19-9-7-6-8-10-19/h6-10,17-18H,4-5,11-16H2,1-3H3,(H2,21,22,23). The molecule has 1 saturated heterocycles. The maximum Gasteiger partial charge on any atom is 0.191 e. The smallest absolute Gasteiger partial charge is 0.191 e. The molecule has 0 aliphatic carbocycles. The Kier molecular flexibility index (Phi) is 8.10. The normalized spacial score (nSPS) is 20.1. The molecule has 0 aromatic heterocycles. The van der Waals surface area contributed by atoms with Crippen molar-refractivity contribution in [2.75, 3.05) is 39.3 Å². The molecule has 1 aliphatic rings. The molecular formula is C20H34N4. The fourth-order valence-corrected chi connectivity index (χ4v) is 3.30. The molecule has 4 nitrogen and oxygen atoms in total. The van der Waals surface area contributed by atoms with E-state index in [9.17, 15) is 0 Å². The first kappa shape index (κ1) is 18.8. The van der Waals surface area contributed by atoms with E-state index in [1.807, 2.05) is 0 Å². The predicted octanol–water partition coefficient (Wildman–Crippen LogP) is 3.08. The number of hydrogen-bond donors (Lipinski definition) is 2. The van der Waals surface area contributed by atoms with E-state index in [-0.39, 0.29) is 0 Å². The van der Waals surface area contributed by atoms with Crippen molar-refractivity contribution in [1.82, 2.24) is 15.5 Å². The molecule has 24 heavy (non-hydrogen) atoms. The molecule has 0 amide bonds. The average molecular weight is 331 g/mol. The minimum absolute atomic E-state index is 0.438. The summed E-state index contributed by atoms with van der Waals surface area (Å²) in [6, 6.07) is 10.6. The molecule has 0 saturated carbocycles. The number of nitrogens with zero attached hydrogens (tertiary/aromatic N) is 2. The van der Waals surface area contributed by atoms with Gasteiger partial charge >= 0.3 is 0 Å². The van der Waals surface area contributed by atoms with Crippen molar-refractivity contribution in [3.05, 3.63) is 35.9 Å². The van der Waals surface area contributed by atoms with E-state index in [0.717, 1.165) is 31.5 Å². The molecule has 2 unspecified atom stereocenters. The van der Waals surface area contributed by atoms with Gasteiger partial charge in [-0.25, -0.2) is 0 Å². The van der Waals surface area contributed by atoms with Crippen LogP contribution in [0, 0.1) is 5.92 Å². The topological polar surface area (TPSA) is 39.7 Å². The summed E-state index contributed by atoms with van der Waals surface area (Å²) < 4.78 is 0. The van der Waals surface area contributed by atoms with Crippen LogP contribution in [0.3, 0.4) is 0 Å². The average Bonchev–Trinajstić information content (AvgIpc) is 3.06. The van der Waals surface area contributed by atoms with Gasteiger partial charge in [-0.3, -0.25) is 4.99 Å². The summed E-state index contributed by atoms with van der Waals surface area (Å²) >= 11 is 0. The molecule has 4 heteroatoms. The lowest BCUT2D eigenvalue weighted by Gasteiger charge is -2.17. The number of hydrogen-bond acceptors (Lipinski definition) is 2. The molecule has 1 aromatic carbocycles. The minimum atomic E-state index is 0.438. The van der Waals surface area contributed by atoms with Crippen molar-refractivity contribution in [3.8, 4) is 0 Å². The summed E-state index contributed by atoms with van der Waals surface area (Å²) in [5, 5.41) is 6.92. The largest absolute Gasteiger partial charge is 0.357 e. The van der Waals surface area contributed by atoms with Crippen LogP contribution in [0.2, 0.25) is 0 Å². The van der Waals surface area contributed by atoms with Crippen molar-refractivity contribution in [1.29, 1.82) is 0 Å². The van der Waals surface area contributed by atoms with E-state index < -0.39 is 0 Å². The highest BCUT2D eigenvalue weighted by Crippen LogP contribution is 2.16. The van der Waals surface area contributed by atoms with Crippen LogP contribution >= 0.6 is 0 Å². The number of likely N-dealkylation sites (tertiary alicyclic amines) is 1. The molecule has 1 aromatic rings. The summed E-state index contributed by atoms with van der Waals surface area (Å²) in [5.41, 5.74) is 1.35. The van der Waals surface area contributed by atoms with E-state index in [4.69, 9.17) is 4.99 Å².